The number of hydrogen-bond acceptors (Lipinski definition) is 3. The molecule has 15 heavy (non-hydrogen) atoms. The van der Waals surface area contributed by atoms with E-state index in [4.69, 9.17) is 4.42 Å². The minimum Gasteiger partial charge on any atom is -0.453 e. The molecule has 3 heterocycles. The molecule has 3 rings (SSSR count). The van der Waals surface area contributed by atoms with Crippen molar-refractivity contribution in [2.45, 2.75) is 12.8 Å². The highest BCUT2D eigenvalue weighted by molar-refractivity contribution is 5.87. The molecule has 1 aromatic heterocycles. The lowest BCUT2D eigenvalue weighted by atomic mass is 10.3. The number of rotatable bonds is 0. The zero-order valence-corrected chi connectivity index (χ0v) is 8.18. The normalized spacial score (nSPS) is 17.1. The van der Waals surface area contributed by atoms with Gasteiger partial charge in [0.05, 0.1) is 0 Å². The Hall–Kier alpha value is -1.90. The van der Waals surface area contributed by atoms with E-state index in [2.05, 4.69) is 9.98 Å². The van der Waals surface area contributed by atoms with E-state index in [-0.39, 0.29) is 0 Å². The van der Waals surface area contributed by atoms with E-state index >= 15 is 0 Å². The van der Waals surface area contributed by atoms with Gasteiger partial charge in [-0.1, -0.05) is 12.2 Å². The van der Waals surface area contributed by atoms with Gasteiger partial charge in [0, 0.05) is 25.3 Å². The predicted octanol–water partition coefficient (Wildman–Crippen LogP) is 3.52. The van der Waals surface area contributed by atoms with Gasteiger partial charge in [0.1, 0.15) is 11.4 Å². The number of aliphatic imine (C=N–C) groups is 2. The van der Waals surface area contributed by atoms with Crippen LogP contribution in [0.2, 0.25) is 0 Å². The summed E-state index contributed by atoms with van der Waals surface area (Å²) in [6.45, 7) is 0. The molecule has 2 aliphatic rings. The van der Waals surface area contributed by atoms with E-state index in [1.54, 1.807) is 0 Å². The van der Waals surface area contributed by atoms with Gasteiger partial charge in [-0.3, -0.25) is 9.98 Å². The first-order chi connectivity index (χ1) is 7.45. The van der Waals surface area contributed by atoms with Gasteiger partial charge < -0.3 is 4.42 Å². The van der Waals surface area contributed by atoms with E-state index in [1.807, 2.05) is 36.7 Å². The summed E-state index contributed by atoms with van der Waals surface area (Å²) in [5.41, 5.74) is 1.70. The monoisotopic (exact) mass is 198 g/mol. The fourth-order valence-corrected chi connectivity index (χ4v) is 1.68. The van der Waals surface area contributed by atoms with Crippen LogP contribution in [-0.4, -0.2) is 12.4 Å². The van der Waals surface area contributed by atoms with Gasteiger partial charge in [-0.15, -0.1) is 0 Å². The smallest absolute Gasteiger partial charge is 0.155 e. The van der Waals surface area contributed by atoms with Gasteiger partial charge in [-0.25, -0.2) is 0 Å². The highest BCUT2D eigenvalue weighted by atomic mass is 16.3. The van der Waals surface area contributed by atoms with Crippen LogP contribution in [0.5, 0.6) is 0 Å². The van der Waals surface area contributed by atoms with Crippen molar-refractivity contribution in [1.29, 1.82) is 0 Å². The molecule has 0 radical (unpaired) electrons. The molecule has 3 heteroatoms. The average Bonchev–Trinajstić information content (AvgIpc) is 2.51. The Balaban J connectivity index is 2.26. The van der Waals surface area contributed by atoms with Crippen molar-refractivity contribution >= 4 is 36.0 Å². The standard InChI is InChI=1S/C12H10N2O/c1-3-7-13-11-9(5-1)15-10-6-2-4-8-14-12(10)11/h1-2,5-8H,3-4H2. The molecule has 3 nitrogen and oxygen atoms in total. The zero-order chi connectivity index (χ0) is 10.1. The maximum absolute atomic E-state index is 5.69. The highest BCUT2D eigenvalue weighted by Gasteiger charge is 2.17. The molecule has 0 N–H and O–H groups in total. The van der Waals surface area contributed by atoms with E-state index in [1.165, 1.54) is 0 Å². The Bertz CT molecular complexity index is 459. The van der Waals surface area contributed by atoms with Gasteiger partial charge in [0.2, 0.25) is 0 Å². The molecule has 2 aliphatic heterocycles. The molecule has 74 valence electrons. The Labute approximate surface area is 87.5 Å². The molecule has 0 aliphatic carbocycles. The third-order valence-corrected chi connectivity index (χ3v) is 2.37. The number of nitrogens with zero attached hydrogens (tertiary/aromatic N) is 2. The van der Waals surface area contributed by atoms with Gasteiger partial charge in [-0.05, 0) is 12.2 Å². The maximum atomic E-state index is 5.69. The van der Waals surface area contributed by atoms with E-state index < -0.39 is 0 Å². The van der Waals surface area contributed by atoms with Crippen molar-refractivity contribution in [3.05, 3.63) is 23.7 Å². The van der Waals surface area contributed by atoms with Crippen LogP contribution < -0.4 is 0 Å². The zero-order valence-electron chi connectivity index (χ0n) is 8.18. The molecule has 1 aromatic rings. The lowest BCUT2D eigenvalue weighted by Gasteiger charge is -1.90. The Morgan fingerprint density at radius 2 is 1.40 bits per heavy atom. The first kappa shape index (κ1) is 8.41. The minimum absolute atomic E-state index is 0.803. The van der Waals surface area contributed by atoms with Gasteiger partial charge in [0.15, 0.2) is 11.5 Å². The van der Waals surface area contributed by atoms with E-state index in [9.17, 15) is 0 Å². The number of allylic oxidation sites excluding steroid dienone is 2. The molecule has 0 saturated heterocycles. The molecule has 0 amide bonds. The highest BCUT2D eigenvalue weighted by Crippen LogP contribution is 2.41. The second kappa shape index (κ2) is 3.35. The molecule has 0 aromatic carbocycles. The summed E-state index contributed by atoms with van der Waals surface area (Å²) in [5.74, 6) is 1.61. The van der Waals surface area contributed by atoms with Crippen LogP contribution in [-0.2, 0) is 0 Å². The minimum atomic E-state index is 0.803. The number of fused-ring (bicyclic) bond motifs is 3. The first-order valence-corrected chi connectivity index (χ1v) is 5.00. The van der Waals surface area contributed by atoms with Gasteiger partial charge in [0.25, 0.3) is 0 Å². The third-order valence-electron chi connectivity index (χ3n) is 2.37. The summed E-state index contributed by atoms with van der Waals surface area (Å²) in [7, 11) is 0. The Kier molecular flexibility index (Phi) is 1.88. The summed E-state index contributed by atoms with van der Waals surface area (Å²) in [5, 5.41) is 0. The topological polar surface area (TPSA) is 37.9 Å². The second-order valence-electron chi connectivity index (χ2n) is 3.43. The summed E-state index contributed by atoms with van der Waals surface area (Å²) in [6.07, 6.45) is 13.4. The van der Waals surface area contributed by atoms with Crippen molar-refractivity contribution in [1.82, 2.24) is 0 Å². The number of furan rings is 1. The van der Waals surface area contributed by atoms with Gasteiger partial charge in [-0.2, -0.15) is 0 Å². The van der Waals surface area contributed by atoms with Crippen molar-refractivity contribution in [2.24, 2.45) is 9.98 Å². The number of hydrogen-bond donors (Lipinski definition) is 0. The lowest BCUT2D eigenvalue weighted by Crippen LogP contribution is -1.68. The molecule has 0 spiro atoms. The fraction of sp³-hybridized carbons (Fsp3) is 0.167. The molecule has 0 atom stereocenters. The largest absolute Gasteiger partial charge is 0.453 e. The fourth-order valence-electron chi connectivity index (χ4n) is 1.68. The van der Waals surface area contributed by atoms with E-state index in [0.29, 0.717) is 0 Å². The van der Waals surface area contributed by atoms with Crippen molar-refractivity contribution in [2.75, 3.05) is 0 Å². The van der Waals surface area contributed by atoms with Crippen molar-refractivity contribution < 1.29 is 4.42 Å². The average molecular weight is 198 g/mol. The SMILES string of the molecule is C1=Cc2oc3c(c2N=CC1)N=CCC=C3. The summed E-state index contributed by atoms with van der Waals surface area (Å²) in [6, 6.07) is 0. The van der Waals surface area contributed by atoms with Crippen LogP contribution in [0.3, 0.4) is 0 Å². The van der Waals surface area contributed by atoms with Crippen LogP contribution >= 0.6 is 0 Å². The van der Waals surface area contributed by atoms with E-state index in [0.717, 1.165) is 35.7 Å². The summed E-state index contributed by atoms with van der Waals surface area (Å²) >= 11 is 0. The van der Waals surface area contributed by atoms with Crippen molar-refractivity contribution in [3.8, 4) is 0 Å². The second-order valence-corrected chi connectivity index (χ2v) is 3.43. The molecule has 0 fully saturated rings. The van der Waals surface area contributed by atoms with Crippen LogP contribution in [0.1, 0.15) is 24.4 Å². The van der Waals surface area contributed by atoms with Crippen LogP contribution in [0, 0.1) is 0 Å². The summed E-state index contributed by atoms with van der Waals surface area (Å²) < 4.78 is 5.69. The molecule has 0 unspecified atom stereocenters. The quantitative estimate of drug-likeness (QED) is 0.628. The summed E-state index contributed by atoms with van der Waals surface area (Å²) in [4.78, 5) is 8.75. The molecule has 0 bridgehead atoms. The van der Waals surface area contributed by atoms with Crippen molar-refractivity contribution in [3.63, 3.8) is 0 Å². The maximum Gasteiger partial charge on any atom is 0.155 e. The molecular weight excluding hydrogens is 188 g/mol. The third kappa shape index (κ3) is 1.36. The van der Waals surface area contributed by atoms with Crippen LogP contribution in [0.15, 0.2) is 26.6 Å². The Morgan fingerprint density at radius 3 is 1.93 bits per heavy atom. The molecular formula is C12H10N2O. The predicted molar refractivity (Wildman–Crippen MR) is 62.3 cm³/mol. The molecule has 0 saturated carbocycles. The Morgan fingerprint density at radius 1 is 0.867 bits per heavy atom. The van der Waals surface area contributed by atoms with Crippen LogP contribution in [0.4, 0.5) is 11.4 Å². The van der Waals surface area contributed by atoms with Gasteiger partial charge >= 0.3 is 0 Å². The lowest BCUT2D eigenvalue weighted by molar-refractivity contribution is 0.548. The first-order valence-electron chi connectivity index (χ1n) is 5.00. The van der Waals surface area contributed by atoms with Crippen LogP contribution in [0.25, 0.3) is 12.2 Å².